The van der Waals surface area contributed by atoms with Gasteiger partial charge in [0.05, 0.1) is 5.52 Å². The molecule has 0 aliphatic heterocycles. The molecule has 0 aliphatic rings. The van der Waals surface area contributed by atoms with Gasteiger partial charge in [-0.1, -0.05) is 32.0 Å². The third-order valence-corrected chi connectivity index (χ3v) is 3.02. The monoisotopic (exact) mass is 214 g/mol. The van der Waals surface area contributed by atoms with E-state index in [0.29, 0.717) is 12.5 Å². The summed E-state index contributed by atoms with van der Waals surface area (Å²) in [6, 6.07) is 6.33. The van der Waals surface area contributed by atoms with Gasteiger partial charge < -0.3 is 5.73 Å². The Bertz CT molecular complexity index is 515. The van der Waals surface area contributed by atoms with Gasteiger partial charge in [-0.25, -0.2) is 0 Å². The molecule has 2 rings (SSSR count). The highest BCUT2D eigenvalue weighted by atomic mass is 14.7. The Morgan fingerprint density at radius 1 is 1.31 bits per heavy atom. The number of para-hydroxylation sites is 1. The van der Waals surface area contributed by atoms with Crippen molar-refractivity contribution >= 4 is 10.9 Å². The Morgan fingerprint density at radius 3 is 2.69 bits per heavy atom. The number of fused-ring (bicyclic) bond motifs is 1. The van der Waals surface area contributed by atoms with E-state index in [0.717, 1.165) is 11.1 Å². The number of rotatable bonds is 2. The molecule has 0 fully saturated rings. The largest absolute Gasteiger partial charge is 0.326 e. The molecule has 0 spiro atoms. The summed E-state index contributed by atoms with van der Waals surface area (Å²) >= 11 is 0. The van der Waals surface area contributed by atoms with Crippen molar-refractivity contribution in [2.24, 2.45) is 5.73 Å². The Kier molecular flexibility index (Phi) is 2.92. The predicted molar refractivity (Wildman–Crippen MR) is 68.5 cm³/mol. The second kappa shape index (κ2) is 4.22. The summed E-state index contributed by atoms with van der Waals surface area (Å²) in [7, 11) is 0. The number of aryl methyl sites for hydroxylation is 1. The first kappa shape index (κ1) is 11.1. The molecule has 0 bridgehead atoms. The minimum atomic E-state index is 0.478. The lowest BCUT2D eigenvalue weighted by Crippen LogP contribution is -2.05. The number of hydrogen-bond donors (Lipinski definition) is 1. The standard InChI is InChI=1S/C14H18N2/c1-9(2)13-11(7-15)8-16-14-10(3)5-4-6-12(13)14/h4-6,8-9H,7,15H2,1-3H3. The number of pyridine rings is 1. The van der Waals surface area contributed by atoms with Crippen LogP contribution in [-0.4, -0.2) is 4.98 Å². The molecule has 1 aromatic heterocycles. The van der Waals surface area contributed by atoms with Gasteiger partial charge in [0.1, 0.15) is 0 Å². The molecule has 0 atom stereocenters. The SMILES string of the molecule is Cc1cccc2c(C(C)C)c(CN)cnc12. The fraction of sp³-hybridized carbons (Fsp3) is 0.357. The highest BCUT2D eigenvalue weighted by Crippen LogP contribution is 2.28. The van der Waals surface area contributed by atoms with Crippen molar-refractivity contribution in [3.05, 3.63) is 41.1 Å². The fourth-order valence-electron chi connectivity index (χ4n) is 2.28. The summed E-state index contributed by atoms with van der Waals surface area (Å²) in [4.78, 5) is 4.51. The van der Waals surface area contributed by atoms with E-state index in [2.05, 4.69) is 44.0 Å². The molecule has 84 valence electrons. The molecule has 1 aromatic carbocycles. The van der Waals surface area contributed by atoms with Crippen molar-refractivity contribution < 1.29 is 0 Å². The minimum absolute atomic E-state index is 0.478. The van der Waals surface area contributed by atoms with E-state index >= 15 is 0 Å². The van der Waals surface area contributed by atoms with Gasteiger partial charge in [-0.3, -0.25) is 4.98 Å². The number of nitrogens with two attached hydrogens (primary N) is 1. The van der Waals surface area contributed by atoms with Crippen molar-refractivity contribution in [3.8, 4) is 0 Å². The third-order valence-electron chi connectivity index (χ3n) is 3.02. The molecular weight excluding hydrogens is 196 g/mol. The van der Waals surface area contributed by atoms with Crippen LogP contribution in [-0.2, 0) is 6.54 Å². The lowest BCUT2D eigenvalue weighted by Gasteiger charge is -2.15. The summed E-state index contributed by atoms with van der Waals surface area (Å²) < 4.78 is 0. The zero-order valence-corrected chi connectivity index (χ0v) is 10.1. The smallest absolute Gasteiger partial charge is 0.0734 e. The second-order valence-electron chi connectivity index (χ2n) is 4.53. The first-order valence-electron chi connectivity index (χ1n) is 5.72. The molecule has 2 N–H and O–H groups in total. The first-order valence-corrected chi connectivity index (χ1v) is 5.72. The summed E-state index contributed by atoms with van der Waals surface area (Å²) in [5, 5.41) is 1.25. The summed E-state index contributed by atoms with van der Waals surface area (Å²) in [6.07, 6.45) is 1.92. The summed E-state index contributed by atoms with van der Waals surface area (Å²) in [5.41, 5.74) is 10.6. The normalized spacial score (nSPS) is 11.3. The highest BCUT2D eigenvalue weighted by Gasteiger charge is 2.11. The average Bonchev–Trinajstić information content (AvgIpc) is 2.27. The van der Waals surface area contributed by atoms with Crippen molar-refractivity contribution in [1.29, 1.82) is 0 Å². The van der Waals surface area contributed by atoms with Gasteiger partial charge in [0.15, 0.2) is 0 Å². The molecular formula is C14H18N2. The maximum Gasteiger partial charge on any atom is 0.0734 e. The van der Waals surface area contributed by atoms with Crippen molar-refractivity contribution in [2.45, 2.75) is 33.2 Å². The molecule has 0 saturated heterocycles. The molecule has 2 heteroatoms. The quantitative estimate of drug-likeness (QED) is 0.834. The maximum atomic E-state index is 5.78. The molecule has 2 nitrogen and oxygen atoms in total. The van der Waals surface area contributed by atoms with Crippen molar-refractivity contribution in [3.63, 3.8) is 0 Å². The van der Waals surface area contributed by atoms with Gasteiger partial charge in [0, 0.05) is 18.1 Å². The van der Waals surface area contributed by atoms with Crippen LogP contribution in [0.15, 0.2) is 24.4 Å². The number of aromatic nitrogens is 1. The maximum absolute atomic E-state index is 5.78. The fourth-order valence-corrected chi connectivity index (χ4v) is 2.28. The van der Waals surface area contributed by atoms with E-state index in [1.807, 2.05) is 6.20 Å². The topological polar surface area (TPSA) is 38.9 Å². The summed E-state index contributed by atoms with van der Waals surface area (Å²) in [6.45, 7) is 7.07. The molecule has 0 unspecified atom stereocenters. The van der Waals surface area contributed by atoms with Gasteiger partial charge >= 0.3 is 0 Å². The van der Waals surface area contributed by atoms with Crippen LogP contribution in [0.25, 0.3) is 10.9 Å². The molecule has 0 aliphatic carbocycles. The Hall–Kier alpha value is -1.41. The Labute approximate surface area is 96.5 Å². The van der Waals surface area contributed by atoms with E-state index in [-0.39, 0.29) is 0 Å². The highest BCUT2D eigenvalue weighted by molar-refractivity contribution is 5.86. The van der Waals surface area contributed by atoms with Crippen LogP contribution in [0.4, 0.5) is 0 Å². The number of hydrogen-bond acceptors (Lipinski definition) is 2. The van der Waals surface area contributed by atoms with Gasteiger partial charge in [0.2, 0.25) is 0 Å². The van der Waals surface area contributed by atoms with E-state index in [9.17, 15) is 0 Å². The second-order valence-corrected chi connectivity index (χ2v) is 4.53. The van der Waals surface area contributed by atoms with Gasteiger partial charge in [-0.05, 0) is 29.5 Å². The van der Waals surface area contributed by atoms with Crippen LogP contribution in [0, 0.1) is 6.92 Å². The predicted octanol–water partition coefficient (Wildman–Crippen LogP) is 3.13. The van der Waals surface area contributed by atoms with E-state index < -0.39 is 0 Å². The zero-order valence-electron chi connectivity index (χ0n) is 10.1. The molecule has 1 heterocycles. The molecule has 0 radical (unpaired) electrons. The lowest BCUT2D eigenvalue weighted by atomic mass is 9.93. The molecule has 2 aromatic rings. The summed E-state index contributed by atoms with van der Waals surface area (Å²) in [5.74, 6) is 0.478. The average molecular weight is 214 g/mol. The Morgan fingerprint density at radius 2 is 2.06 bits per heavy atom. The minimum Gasteiger partial charge on any atom is -0.326 e. The van der Waals surface area contributed by atoms with Crippen molar-refractivity contribution in [1.82, 2.24) is 4.98 Å². The lowest BCUT2D eigenvalue weighted by molar-refractivity contribution is 0.845. The van der Waals surface area contributed by atoms with Crippen LogP contribution in [0.1, 0.15) is 36.5 Å². The molecule has 0 amide bonds. The van der Waals surface area contributed by atoms with Gasteiger partial charge in [-0.2, -0.15) is 0 Å². The molecule has 16 heavy (non-hydrogen) atoms. The van der Waals surface area contributed by atoms with Crippen LogP contribution in [0.3, 0.4) is 0 Å². The Balaban J connectivity index is 2.84. The first-order chi connectivity index (χ1) is 7.65. The zero-order chi connectivity index (χ0) is 11.7. The van der Waals surface area contributed by atoms with Gasteiger partial charge in [0.25, 0.3) is 0 Å². The third kappa shape index (κ3) is 1.69. The molecule has 0 saturated carbocycles. The van der Waals surface area contributed by atoms with Crippen molar-refractivity contribution in [2.75, 3.05) is 0 Å². The van der Waals surface area contributed by atoms with E-state index in [1.165, 1.54) is 16.5 Å². The van der Waals surface area contributed by atoms with Crippen LogP contribution >= 0.6 is 0 Å². The van der Waals surface area contributed by atoms with E-state index in [1.54, 1.807) is 0 Å². The van der Waals surface area contributed by atoms with Crippen LogP contribution in [0.5, 0.6) is 0 Å². The van der Waals surface area contributed by atoms with Crippen LogP contribution < -0.4 is 5.73 Å². The van der Waals surface area contributed by atoms with E-state index in [4.69, 9.17) is 5.73 Å². The number of nitrogens with zero attached hydrogens (tertiary/aromatic N) is 1. The number of benzene rings is 1. The van der Waals surface area contributed by atoms with Crippen LogP contribution in [0.2, 0.25) is 0 Å². The van der Waals surface area contributed by atoms with Gasteiger partial charge in [-0.15, -0.1) is 0 Å².